The largest absolute Gasteiger partial charge is 0.392 e. The monoisotopic (exact) mass is 338 g/mol. The minimum Gasteiger partial charge on any atom is -0.392 e. The number of hydrogen-bond acceptors (Lipinski definition) is 2. The number of urea groups is 1. The molecular weight excluding hydrogens is 323 g/mol. The zero-order valence-electron chi connectivity index (χ0n) is 11.8. The topological polar surface area (TPSA) is 61.4 Å². The molecule has 0 aromatic heterocycles. The van der Waals surface area contributed by atoms with Crippen molar-refractivity contribution in [3.63, 3.8) is 0 Å². The van der Waals surface area contributed by atoms with Crippen LogP contribution >= 0.6 is 23.2 Å². The Morgan fingerprint density at radius 1 is 1.05 bits per heavy atom. The van der Waals surface area contributed by atoms with Crippen LogP contribution in [0.15, 0.2) is 42.5 Å². The van der Waals surface area contributed by atoms with Crippen LogP contribution in [0.5, 0.6) is 0 Å². The van der Waals surface area contributed by atoms with Crippen LogP contribution in [0, 0.1) is 0 Å². The van der Waals surface area contributed by atoms with E-state index in [1.165, 1.54) is 0 Å². The van der Waals surface area contributed by atoms with Gasteiger partial charge < -0.3 is 15.7 Å². The number of aliphatic hydroxyl groups excluding tert-OH is 1. The third-order valence-electron chi connectivity index (χ3n) is 3.08. The maximum absolute atomic E-state index is 11.8. The molecule has 22 heavy (non-hydrogen) atoms. The number of benzene rings is 2. The molecule has 0 radical (unpaired) electrons. The second-order valence-electron chi connectivity index (χ2n) is 4.73. The Kier molecular flexibility index (Phi) is 6.07. The van der Waals surface area contributed by atoms with E-state index >= 15 is 0 Å². The lowest BCUT2D eigenvalue weighted by Crippen LogP contribution is -2.30. The van der Waals surface area contributed by atoms with E-state index in [1.807, 2.05) is 24.3 Å². The maximum atomic E-state index is 11.8. The SMILES string of the molecule is O=C(NCCc1ccc(CO)cc1)Nc1cc(Cl)ccc1Cl. The van der Waals surface area contributed by atoms with E-state index in [1.54, 1.807) is 18.2 Å². The minimum absolute atomic E-state index is 0.0291. The summed E-state index contributed by atoms with van der Waals surface area (Å²) in [5.74, 6) is 0. The van der Waals surface area contributed by atoms with Crippen LogP contribution in [-0.4, -0.2) is 17.7 Å². The molecule has 3 N–H and O–H groups in total. The molecule has 0 saturated carbocycles. The Labute approximate surface area is 139 Å². The van der Waals surface area contributed by atoms with E-state index in [4.69, 9.17) is 28.3 Å². The van der Waals surface area contributed by atoms with Crippen molar-refractivity contribution < 1.29 is 9.90 Å². The molecule has 0 aliphatic heterocycles. The van der Waals surface area contributed by atoms with Gasteiger partial charge in [-0.05, 0) is 35.7 Å². The molecule has 0 bridgehead atoms. The van der Waals surface area contributed by atoms with Gasteiger partial charge in [0.1, 0.15) is 0 Å². The summed E-state index contributed by atoms with van der Waals surface area (Å²) in [6, 6.07) is 12.1. The molecule has 0 aliphatic carbocycles. The minimum atomic E-state index is -0.337. The predicted octanol–water partition coefficient (Wildman–Crippen LogP) is 3.85. The Bertz CT molecular complexity index is 645. The molecule has 6 heteroatoms. The van der Waals surface area contributed by atoms with Crippen molar-refractivity contribution in [2.24, 2.45) is 0 Å². The van der Waals surface area contributed by atoms with Gasteiger partial charge in [-0.1, -0.05) is 47.5 Å². The standard InChI is InChI=1S/C16H16Cl2N2O2/c17-13-5-6-14(18)15(9-13)20-16(22)19-8-7-11-1-3-12(10-21)4-2-11/h1-6,9,21H,7-8,10H2,(H2,19,20,22). The Morgan fingerprint density at radius 3 is 2.41 bits per heavy atom. The zero-order chi connectivity index (χ0) is 15.9. The summed E-state index contributed by atoms with van der Waals surface area (Å²) in [7, 11) is 0. The summed E-state index contributed by atoms with van der Waals surface area (Å²) < 4.78 is 0. The molecule has 4 nitrogen and oxygen atoms in total. The first-order valence-corrected chi connectivity index (χ1v) is 7.52. The average Bonchev–Trinajstić information content (AvgIpc) is 2.51. The van der Waals surface area contributed by atoms with E-state index in [0.29, 0.717) is 28.7 Å². The molecule has 0 spiro atoms. The van der Waals surface area contributed by atoms with Crippen LogP contribution in [-0.2, 0) is 13.0 Å². The number of nitrogens with one attached hydrogen (secondary N) is 2. The van der Waals surface area contributed by atoms with Gasteiger partial charge in [-0.2, -0.15) is 0 Å². The number of halogens is 2. The van der Waals surface area contributed by atoms with Gasteiger partial charge in [-0.25, -0.2) is 4.79 Å². The van der Waals surface area contributed by atoms with Gasteiger partial charge in [0, 0.05) is 11.6 Å². The normalized spacial score (nSPS) is 10.3. The molecule has 2 aromatic carbocycles. The van der Waals surface area contributed by atoms with E-state index in [9.17, 15) is 4.79 Å². The fourth-order valence-electron chi connectivity index (χ4n) is 1.89. The summed E-state index contributed by atoms with van der Waals surface area (Å²) in [5, 5.41) is 15.3. The maximum Gasteiger partial charge on any atom is 0.319 e. The first-order chi connectivity index (χ1) is 10.6. The lowest BCUT2D eigenvalue weighted by Gasteiger charge is -2.09. The summed E-state index contributed by atoms with van der Waals surface area (Å²) in [6.45, 7) is 0.518. The molecule has 0 unspecified atom stereocenters. The van der Waals surface area contributed by atoms with Crippen molar-refractivity contribution in [2.75, 3.05) is 11.9 Å². The fraction of sp³-hybridized carbons (Fsp3) is 0.188. The van der Waals surface area contributed by atoms with Crippen molar-refractivity contribution in [2.45, 2.75) is 13.0 Å². The van der Waals surface area contributed by atoms with Gasteiger partial charge >= 0.3 is 6.03 Å². The summed E-state index contributed by atoms with van der Waals surface area (Å²) in [5.41, 5.74) is 2.42. The van der Waals surface area contributed by atoms with Gasteiger partial charge in [0.15, 0.2) is 0 Å². The Balaban J connectivity index is 1.81. The molecule has 116 valence electrons. The Morgan fingerprint density at radius 2 is 1.73 bits per heavy atom. The number of rotatable bonds is 5. The number of anilines is 1. The second kappa shape index (κ2) is 8.03. The molecule has 2 amide bonds. The van der Waals surface area contributed by atoms with E-state index in [-0.39, 0.29) is 12.6 Å². The van der Waals surface area contributed by atoms with Crippen molar-refractivity contribution in [3.05, 3.63) is 63.6 Å². The first kappa shape index (κ1) is 16.6. The van der Waals surface area contributed by atoms with Gasteiger partial charge in [0.05, 0.1) is 17.3 Å². The smallest absolute Gasteiger partial charge is 0.319 e. The highest BCUT2D eigenvalue weighted by molar-refractivity contribution is 6.35. The molecule has 0 heterocycles. The Hall–Kier alpha value is -1.75. The van der Waals surface area contributed by atoms with Crippen molar-refractivity contribution in [1.29, 1.82) is 0 Å². The number of amides is 2. The summed E-state index contributed by atoms with van der Waals surface area (Å²) in [6.07, 6.45) is 0.697. The van der Waals surface area contributed by atoms with Crippen molar-refractivity contribution in [3.8, 4) is 0 Å². The number of hydrogen-bond donors (Lipinski definition) is 3. The van der Waals surface area contributed by atoms with E-state index in [0.717, 1.165) is 11.1 Å². The zero-order valence-corrected chi connectivity index (χ0v) is 13.3. The third kappa shape index (κ3) is 4.91. The van der Waals surface area contributed by atoms with Crippen LogP contribution in [0.3, 0.4) is 0 Å². The number of aliphatic hydroxyl groups is 1. The fourth-order valence-corrected chi connectivity index (χ4v) is 2.23. The summed E-state index contributed by atoms with van der Waals surface area (Å²) >= 11 is 11.8. The second-order valence-corrected chi connectivity index (χ2v) is 5.57. The van der Waals surface area contributed by atoms with Crippen molar-refractivity contribution in [1.82, 2.24) is 5.32 Å². The van der Waals surface area contributed by atoms with E-state index < -0.39 is 0 Å². The highest BCUT2D eigenvalue weighted by atomic mass is 35.5. The first-order valence-electron chi connectivity index (χ1n) is 6.77. The highest BCUT2D eigenvalue weighted by Crippen LogP contribution is 2.25. The van der Waals surface area contributed by atoms with Crippen LogP contribution < -0.4 is 10.6 Å². The van der Waals surface area contributed by atoms with Crippen LogP contribution in [0.4, 0.5) is 10.5 Å². The van der Waals surface area contributed by atoms with Gasteiger partial charge in [-0.15, -0.1) is 0 Å². The quantitative estimate of drug-likeness (QED) is 0.775. The third-order valence-corrected chi connectivity index (χ3v) is 3.65. The lowest BCUT2D eigenvalue weighted by atomic mass is 10.1. The van der Waals surface area contributed by atoms with Crippen molar-refractivity contribution >= 4 is 34.9 Å². The molecule has 2 aromatic rings. The highest BCUT2D eigenvalue weighted by Gasteiger charge is 2.06. The molecule has 0 fully saturated rings. The average molecular weight is 339 g/mol. The van der Waals surface area contributed by atoms with E-state index in [2.05, 4.69) is 10.6 Å². The van der Waals surface area contributed by atoms with Gasteiger partial charge in [0.25, 0.3) is 0 Å². The molecule has 0 saturated heterocycles. The van der Waals surface area contributed by atoms with Gasteiger partial charge in [-0.3, -0.25) is 0 Å². The number of carbonyl (C=O) groups excluding carboxylic acids is 1. The summed E-state index contributed by atoms with van der Waals surface area (Å²) in [4.78, 5) is 11.8. The molecule has 2 rings (SSSR count). The van der Waals surface area contributed by atoms with Crippen LogP contribution in [0.2, 0.25) is 10.0 Å². The molecule has 0 aliphatic rings. The van der Waals surface area contributed by atoms with Gasteiger partial charge in [0.2, 0.25) is 0 Å². The van der Waals surface area contributed by atoms with Crippen LogP contribution in [0.25, 0.3) is 0 Å². The lowest BCUT2D eigenvalue weighted by molar-refractivity contribution is 0.252. The number of carbonyl (C=O) groups is 1. The van der Waals surface area contributed by atoms with Crippen LogP contribution in [0.1, 0.15) is 11.1 Å². The molecular formula is C16H16Cl2N2O2. The predicted molar refractivity (Wildman–Crippen MR) is 89.6 cm³/mol. The molecule has 0 atom stereocenters.